The normalized spacial score (nSPS) is 10.9. The van der Waals surface area contributed by atoms with E-state index in [4.69, 9.17) is 9.47 Å². The van der Waals surface area contributed by atoms with Crippen LogP contribution in [0.5, 0.6) is 0 Å². The van der Waals surface area contributed by atoms with Gasteiger partial charge in [-0.3, -0.25) is 4.79 Å². The van der Waals surface area contributed by atoms with Gasteiger partial charge < -0.3 is 14.0 Å². The van der Waals surface area contributed by atoms with Gasteiger partial charge in [-0.1, -0.05) is 18.2 Å². The molecule has 0 radical (unpaired) electrons. The highest BCUT2D eigenvalue weighted by molar-refractivity contribution is 7.09. The number of thiophene rings is 1. The predicted molar refractivity (Wildman–Crippen MR) is 114 cm³/mol. The molecule has 3 aromatic rings. The standard InChI is InChI=1S/C23H25NO4S/c1-16-12-21(17(2)24(16)10-9-20-8-5-11-29-20)22(25)15-28-23(26)19-7-4-6-18(13-19)14-27-3/h4-8,11-13H,9-10,14-15H2,1-3H3. The lowest BCUT2D eigenvalue weighted by Gasteiger charge is -2.09. The van der Waals surface area contributed by atoms with E-state index in [2.05, 4.69) is 16.0 Å². The van der Waals surface area contributed by atoms with Gasteiger partial charge >= 0.3 is 5.97 Å². The van der Waals surface area contributed by atoms with Gasteiger partial charge in [0.2, 0.25) is 5.78 Å². The Morgan fingerprint density at radius 2 is 1.93 bits per heavy atom. The number of nitrogens with zero attached hydrogens (tertiary/aromatic N) is 1. The topological polar surface area (TPSA) is 57.5 Å². The SMILES string of the molecule is COCc1cccc(C(=O)OCC(=O)c2cc(C)n(CCc3cccs3)c2C)c1. The first-order chi connectivity index (χ1) is 14.0. The molecule has 0 saturated carbocycles. The summed E-state index contributed by atoms with van der Waals surface area (Å²) in [6.45, 7) is 4.88. The van der Waals surface area contributed by atoms with Crippen molar-refractivity contribution in [2.24, 2.45) is 0 Å². The number of aromatic nitrogens is 1. The molecule has 0 aliphatic carbocycles. The quantitative estimate of drug-likeness (QED) is 0.382. The molecule has 0 amide bonds. The second kappa shape index (κ2) is 9.67. The fourth-order valence-corrected chi connectivity index (χ4v) is 4.05. The van der Waals surface area contributed by atoms with Crippen molar-refractivity contribution in [1.29, 1.82) is 0 Å². The van der Waals surface area contributed by atoms with Crippen molar-refractivity contribution in [2.45, 2.75) is 33.4 Å². The number of carbonyl (C=O) groups excluding carboxylic acids is 2. The Hall–Kier alpha value is -2.70. The average molecular weight is 412 g/mol. The summed E-state index contributed by atoms with van der Waals surface area (Å²) in [6.07, 6.45) is 0.925. The minimum Gasteiger partial charge on any atom is -0.454 e. The molecule has 0 spiro atoms. The number of benzene rings is 1. The smallest absolute Gasteiger partial charge is 0.338 e. The summed E-state index contributed by atoms with van der Waals surface area (Å²) in [6, 6.07) is 13.1. The van der Waals surface area contributed by atoms with Crippen LogP contribution in [0, 0.1) is 13.8 Å². The molecule has 5 nitrogen and oxygen atoms in total. The van der Waals surface area contributed by atoms with Crippen molar-refractivity contribution in [3.05, 3.63) is 80.8 Å². The molecular weight excluding hydrogens is 386 g/mol. The summed E-state index contributed by atoms with van der Waals surface area (Å²) >= 11 is 1.73. The van der Waals surface area contributed by atoms with Crippen LogP contribution in [0.4, 0.5) is 0 Å². The molecule has 6 heteroatoms. The molecule has 0 bridgehead atoms. The maximum Gasteiger partial charge on any atom is 0.338 e. The summed E-state index contributed by atoms with van der Waals surface area (Å²) in [4.78, 5) is 26.3. The number of hydrogen-bond donors (Lipinski definition) is 0. The van der Waals surface area contributed by atoms with Crippen molar-refractivity contribution < 1.29 is 19.1 Å². The number of hydrogen-bond acceptors (Lipinski definition) is 5. The Morgan fingerprint density at radius 3 is 2.66 bits per heavy atom. The van der Waals surface area contributed by atoms with Gasteiger partial charge in [0.1, 0.15) is 0 Å². The van der Waals surface area contributed by atoms with E-state index < -0.39 is 5.97 Å². The summed E-state index contributed by atoms with van der Waals surface area (Å²) in [7, 11) is 1.60. The van der Waals surface area contributed by atoms with Crippen molar-refractivity contribution >= 4 is 23.1 Å². The highest BCUT2D eigenvalue weighted by Crippen LogP contribution is 2.18. The molecule has 0 aliphatic rings. The molecule has 0 fully saturated rings. The zero-order valence-corrected chi connectivity index (χ0v) is 17.8. The molecule has 2 aromatic heterocycles. The second-order valence-electron chi connectivity index (χ2n) is 6.90. The molecule has 0 N–H and O–H groups in total. The number of aryl methyl sites for hydroxylation is 2. The molecule has 0 atom stereocenters. The fraction of sp³-hybridized carbons (Fsp3) is 0.304. The van der Waals surface area contributed by atoms with Crippen LogP contribution in [0.3, 0.4) is 0 Å². The third-order valence-corrected chi connectivity index (χ3v) is 5.78. The lowest BCUT2D eigenvalue weighted by Crippen LogP contribution is -2.15. The van der Waals surface area contributed by atoms with Crippen molar-refractivity contribution in [3.63, 3.8) is 0 Å². The van der Waals surface area contributed by atoms with Crippen LogP contribution in [0.25, 0.3) is 0 Å². The van der Waals surface area contributed by atoms with Gasteiger partial charge in [0.25, 0.3) is 0 Å². The largest absolute Gasteiger partial charge is 0.454 e. The molecule has 1 aromatic carbocycles. The van der Waals surface area contributed by atoms with Crippen molar-refractivity contribution in [3.8, 4) is 0 Å². The van der Waals surface area contributed by atoms with E-state index in [1.165, 1.54) is 4.88 Å². The Morgan fingerprint density at radius 1 is 1.10 bits per heavy atom. The highest BCUT2D eigenvalue weighted by atomic mass is 32.1. The number of rotatable bonds is 9. The van der Waals surface area contributed by atoms with Gasteiger partial charge in [0, 0.05) is 35.5 Å². The Bertz CT molecular complexity index is 988. The molecule has 152 valence electrons. The van der Waals surface area contributed by atoms with Crippen LogP contribution in [0.2, 0.25) is 0 Å². The van der Waals surface area contributed by atoms with E-state index in [1.807, 2.05) is 32.0 Å². The van der Waals surface area contributed by atoms with E-state index in [1.54, 1.807) is 36.6 Å². The van der Waals surface area contributed by atoms with Crippen LogP contribution in [-0.2, 0) is 29.0 Å². The highest BCUT2D eigenvalue weighted by Gasteiger charge is 2.18. The van der Waals surface area contributed by atoms with Crippen LogP contribution in [-0.4, -0.2) is 30.0 Å². The van der Waals surface area contributed by atoms with Gasteiger partial charge in [0.15, 0.2) is 6.61 Å². The zero-order valence-electron chi connectivity index (χ0n) is 16.9. The number of methoxy groups -OCH3 is 1. The Balaban J connectivity index is 1.62. The third-order valence-electron chi connectivity index (χ3n) is 4.84. The van der Waals surface area contributed by atoms with Crippen molar-refractivity contribution in [1.82, 2.24) is 4.57 Å². The number of Topliss-reactive ketones (excluding diaryl/α,β-unsaturated/α-hetero) is 1. The minimum absolute atomic E-state index is 0.193. The van der Waals surface area contributed by atoms with Crippen LogP contribution < -0.4 is 0 Å². The van der Waals surface area contributed by atoms with Crippen LogP contribution in [0.15, 0.2) is 47.8 Å². The number of ether oxygens (including phenoxy) is 2. The lowest BCUT2D eigenvalue weighted by atomic mass is 10.1. The maximum absolute atomic E-state index is 12.7. The van der Waals surface area contributed by atoms with E-state index in [9.17, 15) is 9.59 Å². The Kier molecular flexibility index (Phi) is 7.01. The molecule has 2 heterocycles. The van der Waals surface area contributed by atoms with Crippen LogP contribution >= 0.6 is 11.3 Å². The van der Waals surface area contributed by atoms with Crippen LogP contribution in [0.1, 0.15) is 42.5 Å². The summed E-state index contributed by atoms with van der Waals surface area (Å²) in [5.74, 6) is -0.704. The first-order valence-electron chi connectivity index (χ1n) is 9.47. The monoisotopic (exact) mass is 411 g/mol. The summed E-state index contributed by atoms with van der Waals surface area (Å²) < 4.78 is 12.5. The predicted octanol–water partition coefficient (Wildman–Crippen LogP) is 4.60. The van der Waals surface area contributed by atoms with Gasteiger partial charge in [-0.15, -0.1) is 11.3 Å². The number of ketones is 1. The molecule has 29 heavy (non-hydrogen) atoms. The van der Waals surface area contributed by atoms with Gasteiger partial charge in [-0.05, 0) is 55.5 Å². The molecular formula is C23H25NO4S. The van der Waals surface area contributed by atoms with E-state index >= 15 is 0 Å². The average Bonchev–Trinajstić information content (AvgIpc) is 3.33. The molecule has 0 aliphatic heterocycles. The van der Waals surface area contributed by atoms with E-state index in [0.29, 0.717) is 17.7 Å². The zero-order chi connectivity index (χ0) is 20.8. The maximum atomic E-state index is 12.7. The van der Waals surface area contributed by atoms with E-state index in [-0.39, 0.29) is 12.4 Å². The van der Waals surface area contributed by atoms with E-state index in [0.717, 1.165) is 29.9 Å². The van der Waals surface area contributed by atoms with Gasteiger partial charge in [-0.2, -0.15) is 0 Å². The van der Waals surface area contributed by atoms with Gasteiger partial charge in [-0.25, -0.2) is 4.79 Å². The van der Waals surface area contributed by atoms with Gasteiger partial charge in [0.05, 0.1) is 12.2 Å². The second-order valence-corrected chi connectivity index (χ2v) is 7.93. The minimum atomic E-state index is -0.511. The lowest BCUT2D eigenvalue weighted by molar-refractivity contribution is 0.0474. The van der Waals surface area contributed by atoms with Crippen molar-refractivity contribution in [2.75, 3.05) is 13.7 Å². The summed E-state index contributed by atoms with van der Waals surface area (Å²) in [5.41, 5.74) is 3.83. The molecule has 0 unspecified atom stereocenters. The first-order valence-corrected chi connectivity index (χ1v) is 10.3. The third kappa shape index (κ3) is 5.22. The molecule has 0 saturated heterocycles. The number of esters is 1. The first kappa shape index (κ1) is 21.0. The Labute approximate surface area is 174 Å². The fourth-order valence-electron chi connectivity index (χ4n) is 3.35. The summed E-state index contributed by atoms with van der Waals surface area (Å²) in [5, 5.41) is 2.07. The number of carbonyl (C=O) groups is 2. The molecule has 3 rings (SSSR count).